The molecule has 0 fully saturated rings. The average Bonchev–Trinajstić information content (AvgIpc) is 3.25. The number of nitrogens with zero attached hydrogens (tertiary/aromatic N) is 2. The van der Waals surface area contributed by atoms with Gasteiger partial charge in [0.1, 0.15) is 15.5 Å². The molecule has 3 aromatic carbocycles. The zero-order chi connectivity index (χ0) is 32.1. The van der Waals surface area contributed by atoms with Gasteiger partial charge in [0.25, 0.3) is 37.7 Å². The van der Waals surface area contributed by atoms with Crippen molar-refractivity contribution < 1.29 is 53.6 Å². The third kappa shape index (κ3) is 6.48. The van der Waals surface area contributed by atoms with Gasteiger partial charge in [0, 0.05) is 41.7 Å². The van der Waals surface area contributed by atoms with Gasteiger partial charge in [-0.05, 0) is 24.3 Å². The second-order valence-electron chi connectivity index (χ2n) is 8.90. The topological polar surface area (TPSA) is 215 Å². The number of alkyl halides is 3. The van der Waals surface area contributed by atoms with Crippen molar-refractivity contribution in [3.63, 3.8) is 0 Å². The molecule has 226 valence electrons. The normalized spacial score (nSPS) is 12.2. The minimum absolute atomic E-state index is 0.135. The van der Waals surface area contributed by atoms with Crippen molar-refractivity contribution in [3.8, 4) is 0 Å². The minimum atomic E-state index is -5.11. The summed E-state index contributed by atoms with van der Waals surface area (Å²) in [6, 6.07) is 7.60. The fourth-order valence-corrected chi connectivity index (χ4v) is 5.72. The SMILES string of the molecule is Cn1cc(NC(=O)c2cc([N+](=O)[O-])cc(C(F)(F)F)c2)cc1C(=O)Nc1ccc2c(S(=O)(=O)O)cccc2c1S(=O)(=O)O. The van der Waals surface area contributed by atoms with Gasteiger partial charge in [-0.1, -0.05) is 18.2 Å². The van der Waals surface area contributed by atoms with Crippen LogP contribution in [0.4, 0.5) is 30.2 Å². The predicted molar refractivity (Wildman–Crippen MR) is 143 cm³/mol. The molecule has 14 nitrogen and oxygen atoms in total. The van der Waals surface area contributed by atoms with Crippen molar-refractivity contribution in [2.75, 3.05) is 10.6 Å². The second kappa shape index (κ2) is 10.8. The summed E-state index contributed by atoms with van der Waals surface area (Å²) in [4.78, 5) is 34.1. The van der Waals surface area contributed by atoms with Gasteiger partial charge in [-0.25, -0.2) is 0 Å². The van der Waals surface area contributed by atoms with Crippen LogP contribution in [-0.2, 0) is 33.5 Å². The highest BCUT2D eigenvalue weighted by Crippen LogP contribution is 2.35. The van der Waals surface area contributed by atoms with E-state index in [0.29, 0.717) is 12.1 Å². The number of hydrogen-bond donors (Lipinski definition) is 4. The number of nitro groups is 1. The van der Waals surface area contributed by atoms with Crippen molar-refractivity contribution in [3.05, 3.63) is 87.7 Å². The number of fused-ring (bicyclic) bond motifs is 1. The molecule has 0 aliphatic rings. The number of halogens is 3. The van der Waals surface area contributed by atoms with Gasteiger partial charge in [-0.15, -0.1) is 0 Å². The summed E-state index contributed by atoms with van der Waals surface area (Å²) in [6.07, 6.45) is -3.83. The Balaban J connectivity index is 1.67. The van der Waals surface area contributed by atoms with Gasteiger partial charge in [-0.2, -0.15) is 30.0 Å². The van der Waals surface area contributed by atoms with Gasteiger partial charge in [0.2, 0.25) is 0 Å². The molecule has 0 radical (unpaired) electrons. The lowest BCUT2D eigenvalue weighted by molar-refractivity contribution is -0.385. The molecule has 1 aromatic heterocycles. The number of aryl methyl sites for hydroxylation is 1. The summed E-state index contributed by atoms with van der Waals surface area (Å²) in [5.41, 5.74) is -3.98. The summed E-state index contributed by atoms with van der Waals surface area (Å²) >= 11 is 0. The lowest BCUT2D eigenvalue weighted by Gasteiger charge is -2.13. The average molecular weight is 643 g/mol. The lowest BCUT2D eigenvalue weighted by atomic mass is 10.1. The maximum absolute atomic E-state index is 13.2. The highest BCUT2D eigenvalue weighted by molar-refractivity contribution is 7.86. The van der Waals surface area contributed by atoms with Crippen molar-refractivity contribution >= 4 is 59.9 Å². The number of aromatic nitrogens is 1. The Bertz CT molecular complexity index is 2060. The van der Waals surface area contributed by atoms with Crippen LogP contribution in [-0.4, -0.2) is 47.2 Å². The van der Waals surface area contributed by atoms with E-state index in [1.807, 2.05) is 0 Å². The molecule has 0 bridgehead atoms. The van der Waals surface area contributed by atoms with E-state index in [1.54, 1.807) is 0 Å². The zero-order valence-electron chi connectivity index (χ0n) is 21.3. The quantitative estimate of drug-likeness (QED) is 0.129. The summed E-state index contributed by atoms with van der Waals surface area (Å²) in [6.45, 7) is 0. The summed E-state index contributed by atoms with van der Waals surface area (Å²) in [5, 5.41) is 14.9. The second-order valence-corrected chi connectivity index (χ2v) is 11.6. The van der Waals surface area contributed by atoms with Crippen LogP contribution in [0, 0.1) is 10.1 Å². The molecule has 4 aromatic rings. The smallest absolute Gasteiger partial charge is 0.344 e. The molecule has 0 aliphatic carbocycles. The van der Waals surface area contributed by atoms with E-state index in [4.69, 9.17) is 0 Å². The first-order chi connectivity index (χ1) is 19.8. The van der Waals surface area contributed by atoms with E-state index in [9.17, 15) is 58.8 Å². The Kier molecular flexibility index (Phi) is 7.79. The van der Waals surface area contributed by atoms with Crippen LogP contribution in [0.3, 0.4) is 0 Å². The van der Waals surface area contributed by atoms with Crippen LogP contribution in [0.25, 0.3) is 10.8 Å². The van der Waals surface area contributed by atoms with Gasteiger partial charge >= 0.3 is 6.18 Å². The molecule has 0 spiro atoms. The number of carbonyl (C=O) groups excluding carboxylic acids is 2. The van der Waals surface area contributed by atoms with E-state index in [1.165, 1.54) is 7.05 Å². The van der Waals surface area contributed by atoms with Crippen molar-refractivity contribution in [2.45, 2.75) is 16.0 Å². The first-order valence-corrected chi connectivity index (χ1v) is 14.3. The lowest BCUT2D eigenvalue weighted by Crippen LogP contribution is -2.17. The number of nitrogens with one attached hydrogen (secondary N) is 2. The predicted octanol–water partition coefficient (Wildman–Crippen LogP) is 4.10. The van der Waals surface area contributed by atoms with Crippen LogP contribution in [0.1, 0.15) is 26.4 Å². The number of non-ortho nitro benzene ring substituents is 1. The molecule has 4 N–H and O–H groups in total. The molecular weight excluding hydrogens is 625 g/mol. The summed E-state index contributed by atoms with van der Waals surface area (Å²) in [5.74, 6) is -2.18. The number of hydrogen-bond acceptors (Lipinski definition) is 8. The van der Waals surface area contributed by atoms with Gasteiger partial charge in [0.05, 0.1) is 21.9 Å². The maximum Gasteiger partial charge on any atom is 0.416 e. The van der Waals surface area contributed by atoms with Crippen LogP contribution >= 0.6 is 0 Å². The van der Waals surface area contributed by atoms with Crippen LogP contribution in [0.2, 0.25) is 0 Å². The largest absolute Gasteiger partial charge is 0.416 e. The molecule has 0 aliphatic heterocycles. The van der Waals surface area contributed by atoms with E-state index < -0.39 is 75.4 Å². The zero-order valence-corrected chi connectivity index (χ0v) is 22.9. The van der Waals surface area contributed by atoms with E-state index in [-0.39, 0.29) is 28.2 Å². The third-order valence-electron chi connectivity index (χ3n) is 5.97. The Morgan fingerprint density at radius 2 is 1.58 bits per heavy atom. The molecule has 0 saturated carbocycles. The molecule has 0 saturated heterocycles. The Morgan fingerprint density at radius 3 is 2.16 bits per heavy atom. The highest BCUT2D eigenvalue weighted by Gasteiger charge is 2.33. The fraction of sp³-hybridized carbons (Fsp3) is 0.0833. The number of amides is 2. The number of nitro benzene ring substituents is 1. The molecule has 43 heavy (non-hydrogen) atoms. The number of rotatable bonds is 7. The Labute approximate surface area is 239 Å². The van der Waals surface area contributed by atoms with Gasteiger partial charge in [0.15, 0.2) is 0 Å². The van der Waals surface area contributed by atoms with Crippen LogP contribution < -0.4 is 10.6 Å². The monoisotopic (exact) mass is 642 g/mol. The standard InChI is InChI=1S/C24H17F3N4O10S2/c1-30-11-14(28-22(32)12-7-13(24(25,26)27)9-15(8-12)31(34)35)10-19(30)23(33)29-18-6-5-16-17(21(18)43(39,40)41)3-2-4-20(16)42(36,37)38/h2-11H,1H3,(H,28,32)(H,29,33)(H,36,37,38)(H,39,40,41). The summed E-state index contributed by atoms with van der Waals surface area (Å²) in [7, 11) is -8.60. The molecule has 0 atom stereocenters. The maximum atomic E-state index is 13.2. The first-order valence-electron chi connectivity index (χ1n) is 11.4. The third-order valence-corrected chi connectivity index (χ3v) is 7.84. The van der Waals surface area contributed by atoms with E-state index in [2.05, 4.69) is 10.6 Å². The fourth-order valence-electron chi connectivity index (χ4n) is 4.16. The molecule has 19 heteroatoms. The molecule has 2 amide bonds. The Hall–Kier alpha value is -4.85. The van der Waals surface area contributed by atoms with Crippen molar-refractivity contribution in [1.29, 1.82) is 0 Å². The van der Waals surface area contributed by atoms with Crippen molar-refractivity contribution in [1.82, 2.24) is 4.57 Å². The molecular formula is C24H17F3N4O10S2. The van der Waals surface area contributed by atoms with Crippen LogP contribution in [0.15, 0.2) is 70.6 Å². The van der Waals surface area contributed by atoms with Gasteiger partial charge in [-0.3, -0.25) is 28.8 Å². The summed E-state index contributed by atoms with van der Waals surface area (Å²) < 4.78 is 108. The number of benzene rings is 3. The Morgan fingerprint density at radius 1 is 0.907 bits per heavy atom. The minimum Gasteiger partial charge on any atom is -0.344 e. The van der Waals surface area contributed by atoms with E-state index >= 15 is 0 Å². The number of anilines is 2. The van der Waals surface area contributed by atoms with Crippen LogP contribution in [0.5, 0.6) is 0 Å². The first kappa shape index (κ1) is 31.1. The molecule has 0 unspecified atom stereocenters. The number of carbonyl (C=O) groups is 2. The van der Waals surface area contributed by atoms with Gasteiger partial charge < -0.3 is 15.2 Å². The molecule has 1 heterocycles. The van der Waals surface area contributed by atoms with Crippen molar-refractivity contribution in [2.24, 2.45) is 7.05 Å². The highest BCUT2D eigenvalue weighted by atomic mass is 32.2. The van der Waals surface area contributed by atoms with E-state index in [0.717, 1.165) is 47.2 Å². The molecule has 4 rings (SSSR count).